The molecule has 2 aromatic rings. The van der Waals surface area contributed by atoms with Gasteiger partial charge in [0, 0.05) is 0 Å². The number of rotatable bonds is 6. The Kier molecular flexibility index (Phi) is 5.76. The van der Waals surface area contributed by atoms with Crippen LogP contribution in [-0.4, -0.2) is 12.5 Å². The second kappa shape index (κ2) is 8.00. The Morgan fingerprint density at radius 3 is 2.57 bits per heavy atom. The lowest BCUT2D eigenvalue weighted by atomic mass is 10.1. The summed E-state index contributed by atoms with van der Waals surface area (Å²) < 4.78 is 5.61. The molecule has 0 fully saturated rings. The third-order valence-electron chi connectivity index (χ3n) is 3.63. The Morgan fingerprint density at radius 2 is 1.91 bits per heavy atom. The number of para-hydroxylation sites is 1. The van der Waals surface area contributed by atoms with Gasteiger partial charge in [-0.25, -0.2) is 0 Å². The molecule has 0 aliphatic rings. The molecule has 0 radical (unpaired) electrons. The average Bonchev–Trinajstić information content (AvgIpc) is 2.60. The Labute approximate surface area is 136 Å². The van der Waals surface area contributed by atoms with Crippen LogP contribution in [0.3, 0.4) is 0 Å². The minimum Gasteiger partial charge on any atom is -0.483 e. The second-order valence-electron chi connectivity index (χ2n) is 5.27. The molecule has 1 unspecified atom stereocenters. The molecule has 4 heteroatoms. The Hall–Kier alpha value is -2.80. The minimum absolute atomic E-state index is 0.0162. The fraction of sp³-hybridized carbons (Fsp3) is 0.263. The molecular formula is C19H20N2O2. The molecule has 0 aliphatic carbocycles. The van der Waals surface area contributed by atoms with Gasteiger partial charge in [0.25, 0.3) is 5.91 Å². The molecule has 0 heterocycles. The summed E-state index contributed by atoms with van der Waals surface area (Å²) in [7, 11) is 0. The highest BCUT2D eigenvalue weighted by Gasteiger charge is 2.11. The first-order valence-electron chi connectivity index (χ1n) is 7.64. The van der Waals surface area contributed by atoms with Gasteiger partial charge >= 0.3 is 0 Å². The Bertz CT molecular complexity index is 702. The first kappa shape index (κ1) is 16.6. The van der Waals surface area contributed by atoms with Gasteiger partial charge in [-0.3, -0.25) is 4.79 Å². The van der Waals surface area contributed by atoms with Crippen molar-refractivity contribution in [3.05, 3.63) is 65.2 Å². The SMILES string of the molecule is CCc1ccccc1OCC(=O)NC(C)c1ccc(C#N)cc1. The van der Waals surface area contributed by atoms with Gasteiger partial charge in [0.2, 0.25) is 0 Å². The maximum atomic E-state index is 12.0. The molecular weight excluding hydrogens is 288 g/mol. The standard InChI is InChI=1S/C19H20N2O2/c1-3-16-6-4-5-7-18(16)23-13-19(22)21-14(2)17-10-8-15(12-20)9-11-17/h4-11,14H,3,13H2,1-2H3,(H,21,22). The van der Waals surface area contributed by atoms with Crippen molar-refractivity contribution in [3.63, 3.8) is 0 Å². The van der Waals surface area contributed by atoms with E-state index < -0.39 is 0 Å². The lowest BCUT2D eigenvalue weighted by molar-refractivity contribution is -0.123. The molecule has 4 nitrogen and oxygen atoms in total. The van der Waals surface area contributed by atoms with E-state index in [0.717, 1.165) is 23.3 Å². The fourth-order valence-electron chi connectivity index (χ4n) is 2.29. The highest BCUT2D eigenvalue weighted by molar-refractivity contribution is 5.78. The summed E-state index contributed by atoms with van der Waals surface area (Å²) in [5.41, 5.74) is 2.64. The number of hydrogen-bond donors (Lipinski definition) is 1. The predicted molar refractivity (Wildman–Crippen MR) is 89.0 cm³/mol. The van der Waals surface area contributed by atoms with E-state index in [1.54, 1.807) is 12.1 Å². The zero-order valence-corrected chi connectivity index (χ0v) is 13.4. The van der Waals surface area contributed by atoms with Crippen molar-refractivity contribution >= 4 is 5.91 Å². The molecule has 2 rings (SSSR count). The molecule has 1 N–H and O–H groups in total. The van der Waals surface area contributed by atoms with Gasteiger partial charge in [-0.2, -0.15) is 5.26 Å². The number of ether oxygens (including phenoxy) is 1. The fourth-order valence-corrected chi connectivity index (χ4v) is 2.29. The molecule has 0 saturated carbocycles. The maximum absolute atomic E-state index is 12.0. The van der Waals surface area contributed by atoms with E-state index in [2.05, 4.69) is 18.3 Å². The van der Waals surface area contributed by atoms with E-state index in [0.29, 0.717) is 5.56 Å². The lowest BCUT2D eigenvalue weighted by Gasteiger charge is -2.15. The van der Waals surface area contributed by atoms with Gasteiger partial charge in [0.05, 0.1) is 17.7 Å². The third kappa shape index (κ3) is 4.58. The molecule has 0 aliphatic heterocycles. The summed E-state index contributed by atoms with van der Waals surface area (Å²) in [5, 5.41) is 11.7. The van der Waals surface area contributed by atoms with E-state index in [-0.39, 0.29) is 18.6 Å². The van der Waals surface area contributed by atoms with Crippen LogP contribution >= 0.6 is 0 Å². The van der Waals surface area contributed by atoms with Crippen LogP contribution in [0.25, 0.3) is 0 Å². The lowest BCUT2D eigenvalue weighted by Crippen LogP contribution is -2.31. The van der Waals surface area contributed by atoms with Crippen molar-refractivity contribution in [2.45, 2.75) is 26.3 Å². The maximum Gasteiger partial charge on any atom is 0.258 e. The number of aryl methyl sites for hydroxylation is 1. The molecule has 0 spiro atoms. The highest BCUT2D eigenvalue weighted by Crippen LogP contribution is 2.18. The van der Waals surface area contributed by atoms with Gasteiger partial charge in [0.1, 0.15) is 5.75 Å². The van der Waals surface area contributed by atoms with Crippen LogP contribution in [0.2, 0.25) is 0 Å². The smallest absolute Gasteiger partial charge is 0.258 e. The van der Waals surface area contributed by atoms with Crippen molar-refractivity contribution in [2.75, 3.05) is 6.61 Å². The first-order chi connectivity index (χ1) is 11.1. The quantitative estimate of drug-likeness (QED) is 0.890. The highest BCUT2D eigenvalue weighted by atomic mass is 16.5. The van der Waals surface area contributed by atoms with Gasteiger partial charge < -0.3 is 10.1 Å². The van der Waals surface area contributed by atoms with Crippen molar-refractivity contribution in [1.82, 2.24) is 5.32 Å². The summed E-state index contributed by atoms with van der Waals surface area (Å²) in [4.78, 5) is 12.0. The van der Waals surface area contributed by atoms with E-state index in [9.17, 15) is 4.79 Å². The third-order valence-corrected chi connectivity index (χ3v) is 3.63. The molecule has 0 aromatic heterocycles. The van der Waals surface area contributed by atoms with Gasteiger partial charge in [-0.05, 0) is 42.7 Å². The normalized spacial score (nSPS) is 11.3. The van der Waals surface area contributed by atoms with Crippen LogP contribution in [0.15, 0.2) is 48.5 Å². The molecule has 2 aromatic carbocycles. The number of benzene rings is 2. The summed E-state index contributed by atoms with van der Waals surface area (Å²) in [6.07, 6.45) is 0.861. The molecule has 0 saturated heterocycles. The zero-order chi connectivity index (χ0) is 16.7. The number of nitriles is 1. The summed E-state index contributed by atoms with van der Waals surface area (Å²) >= 11 is 0. The Balaban J connectivity index is 1.90. The largest absolute Gasteiger partial charge is 0.483 e. The number of carbonyl (C=O) groups excluding carboxylic acids is 1. The van der Waals surface area contributed by atoms with E-state index in [1.807, 2.05) is 43.3 Å². The Morgan fingerprint density at radius 1 is 1.22 bits per heavy atom. The van der Waals surface area contributed by atoms with Crippen molar-refractivity contribution in [2.24, 2.45) is 0 Å². The topological polar surface area (TPSA) is 62.1 Å². The van der Waals surface area contributed by atoms with Gasteiger partial charge in [-0.1, -0.05) is 37.3 Å². The van der Waals surface area contributed by atoms with E-state index in [4.69, 9.17) is 10.00 Å². The molecule has 1 atom stereocenters. The van der Waals surface area contributed by atoms with Gasteiger partial charge in [0.15, 0.2) is 6.61 Å². The van der Waals surface area contributed by atoms with Crippen LogP contribution in [0.5, 0.6) is 5.75 Å². The first-order valence-corrected chi connectivity index (χ1v) is 7.64. The minimum atomic E-state index is -0.173. The molecule has 118 valence electrons. The number of nitrogens with one attached hydrogen (secondary N) is 1. The zero-order valence-electron chi connectivity index (χ0n) is 13.4. The van der Waals surface area contributed by atoms with Crippen LogP contribution < -0.4 is 10.1 Å². The number of hydrogen-bond acceptors (Lipinski definition) is 3. The summed E-state index contributed by atoms with van der Waals surface area (Å²) in [6.45, 7) is 3.94. The van der Waals surface area contributed by atoms with E-state index >= 15 is 0 Å². The number of carbonyl (C=O) groups is 1. The number of amides is 1. The summed E-state index contributed by atoms with van der Waals surface area (Å²) in [6, 6.07) is 16.8. The number of nitrogens with zero attached hydrogens (tertiary/aromatic N) is 1. The summed E-state index contributed by atoms with van der Waals surface area (Å²) in [5.74, 6) is 0.573. The molecule has 23 heavy (non-hydrogen) atoms. The predicted octanol–water partition coefficient (Wildman–Crippen LogP) is 3.38. The monoisotopic (exact) mass is 308 g/mol. The van der Waals surface area contributed by atoms with Crippen molar-refractivity contribution in [1.29, 1.82) is 5.26 Å². The molecule has 0 bridgehead atoms. The van der Waals surface area contributed by atoms with Crippen LogP contribution in [0.1, 0.15) is 36.6 Å². The second-order valence-corrected chi connectivity index (χ2v) is 5.27. The van der Waals surface area contributed by atoms with Crippen LogP contribution in [0.4, 0.5) is 0 Å². The van der Waals surface area contributed by atoms with Crippen molar-refractivity contribution in [3.8, 4) is 11.8 Å². The molecule has 1 amide bonds. The van der Waals surface area contributed by atoms with Crippen LogP contribution in [0, 0.1) is 11.3 Å². The van der Waals surface area contributed by atoms with Gasteiger partial charge in [-0.15, -0.1) is 0 Å². The van der Waals surface area contributed by atoms with Crippen molar-refractivity contribution < 1.29 is 9.53 Å². The van der Waals surface area contributed by atoms with E-state index in [1.165, 1.54) is 0 Å². The van der Waals surface area contributed by atoms with Crippen LogP contribution in [-0.2, 0) is 11.2 Å². The average molecular weight is 308 g/mol.